The molecule has 0 saturated carbocycles. The molecule has 19 heavy (non-hydrogen) atoms. The predicted molar refractivity (Wildman–Crippen MR) is 66.8 cm³/mol. The molecule has 1 unspecified atom stereocenters. The van der Waals surface area contributed by atoms with Crippen molar-refractivity contribution in [2.75, 3.05) is 30.3 Å². The SMILES string of the molecule is CC1CN(c2nc(N)nc(-n3cncn3)n2)CCO1. The van der Waals surface area contributed by atoms with Gasteiger partial charge in [-0.3, -0.25) is 0 Å². The third-order valence-electron chi connectivity index (χ3n) is 2.78. The summed E-state index contributed by atoms with van der Waals surface area (Å²) in [6, 6.07) is 0. The molecule has 3 heterocycles. The minimum absolute atomic E-state index is 0.140. The van der Waals surface area contributed by atoms with Gasteiger partial charge in [0.15, 0.2) is 0 Å². The number of morpholine rings is 1. The van der Waals surface area contributed by atoms with Crippen LogP contribution in [0.2, 0.25) is 0 Å². The van der Waals surface area contributed by atoms with E-state index in [4.69, 9.17) is 10.5 Å². The van der Waals surface area contributed by atoms with Gasteiger partial charge in [0, 0.05) is 13.1 Å². The van der Waals surface area contributed by atoms with Crippen LogP contribution in [0.25, 0.3) is 5.95 Å². The zero-order chi connectivity index (χ0) is 13.2. The minimum Gasteiger partial charge on any atom is -0.375 e. The molecule has 0 spiro atoms. The average Bonchev–Trinajstić information content (AvgIpc) is 2.92. The van der Waals surface area contributed by atoms with E-state index in [1.165, 1.54) is 17.3 Å². The second-order valence-electron chi connectivity index (χ2n) is 4.26. The largest absolute Gasteiger partial charge is 0.375 e. The van der Waals surface area contributed by atoms with E-state index >= 15 is 0 Å². The molecule has 9 heteroatoms. The highest BCUT2D eigenvalue weighted by Crippen LogP contribution is 2.14. The van der Waals surface area contributed by atoms with Crippen LogP contribution in [0.5, 0.6) is 0 Å². The summed E-state index contributed by atoms with van der Waals surface area (Å²) >= 11 is 0. The Morgan fingerprint density at radius 1 is 1.32 bits per heavy atom. The smallest absolute Gasteiger partial charge is 0.258 e. The van der Waals surface area contributed by atoms with Gasteiger partial charge < -0.3 is 15.4 Å². The molecule has 100 valence electrons. The van der Waals surface area contributed by atoms with E-state index in [-0.39, 0.29) is 12.1 Å². The summed E-state index contributed by atoms with van der Waals surface area (Å²) in [5.41, 5.74) is 5.73. The van der Waals surface area contributed by atoms with Crippen LogP contribution in [0.4, 0.5) is 11.9 Å². The van der Waals surface area contributed by atoms with Gasteiger partial charge >= 0.3 is 0 Å². The van der Waals surface area contributed by atoms with Gasteiger partial charge in [-0.25, -0.2) is 4.98 Å². The zero-order valence-electron chi connectivity index (χ0n) is 10.5. The summed E-state index contributed by atoms with van der Waals surface area (Å²) in [6.45, 7) is 4.10. The Kier molecular flexibility index (Phi) is 2.95. The van der Waals surface area contributed by atoms with Crippen molar-refractivity contribution in [3.63, 3.8) is 0 Å². The quantitative estimate of drug-likeness (QED) is 0.754. The third kappa shape index (κ3) is 2.45. The van der Waals surface area contributed by atoms with E-state index in [2.05, 4.69) is 25.0 Å². The lowest BCUT2D eigenvalue weighted by molar-refractivity contribution is 0.0526. The topological polar surface area (TPSA) is 108 Å². The maximum absolute atomic E-state index is 5.73. The van der Waals surface area contributed by atoms with Gasteiger partial charge in [0.1, 0.15) is 12.7 Å². The minimum atomic E-state index is 0.140. The van der Waals surface area contributed by atoms with E-state index in [9.17, 15) is 0 Å². The molecule has 1 aliphatic rings. The van der Waals surface area contributed by atoms with Gasteiger partial charge in [-0.2, -0.15) is 24.7 Å². The molecular formula is C10H14N8O. The summed E-state index contributed by atoms with van der Waals surface area (Å²) < 4.78 is 6.94. The first kappa shape index (κ1) is 11.8. The maximum atomic E-state index is 5.73. The number of rotatable bonds is 2. The lowest BCUT2D eigenvalue weighted by Gasteiger charge is -2.31. The van der Waals surface area contributed by atoms with Crippen LogP contribution in [0.3, 0.4) is 0 Å². The third-order valence-corrected chi connectivity index (χ3v) is 2.78. The van der Waals surface area contributed by atoms with Crippen LogP contribution in [0.15, 0.2) is 12.7 Å². The van der Waals surface area contributed by atoms with E-state index in [1.54, 1.807) is 0 Å². The molecule has 0 amide bonds. The molecular weight excluding hydrogens is 248 g/mol. The second-order valence-corrected chi connectivity index (χ2v) is 4.26. The average molecular weight is 262 g/mol. The number of nitrogens with zero attached hydrogens (tertiary/aromatic N) is 7. The first-order chi connectivity index (χ1) is 9.22. The standard InChI is InChI=1S/C10H14N8O/c1-7-4-17(2-3-19-7)9-14-8(11)15-10(16-9)18-6-12-5-13-18/h5-7H,2-4H2,1H3,(H2,11,14,15,16). The van der Waals surface area contributed by atoms with Crippen molar-refractivity contribution in [1.29, 1.82) is 0 Å². The fourth-order valence-corrected chi connectivity index (χ4v) is 1.92. The van der Waals surface area contributed by atoms with Crippen LogP contribution in [0.1, 0.15) is 6.92 Å². The molecule has 1 saturated heterocycles. The molecule has 1 aliphatic heterocycles. The van der Waals surface area contributed by atoms with Crippen LogP contribution in [-0.4, -0.2) is 55.5 Å². The molecule has 0 aromatic carbocycles. The highest BCUT2D eigenvalue weighted by molar-refractivity contribution is 5.38. The number of ether oxygens (including phenoxy) is 1. The highest BCUT2D eigenvalue weighted by atomic mass is 16.5. The van der Waals surface area contributed by atoms with Crippen molar-refractivity contribution in [3.05, 3.63) is 12.7 Å². The van der Waals surface area contributed by atoms with Gasteiger partial charge in [-0.15, -0.1) is 0 Å². The second kappa shape index (κ2) is 4.76. The summed E-state index contributed by atoms with van der Waals surface area (Å²) in [6.07, 6.45) is 3.07. The number of nitrogens with two attached hydrogens (primary N) is 1. The van der Waals surface area contributed by atoms with Crippen molar-refractivity contribution >= 4 is 11.9 Å². The molecule has 2 aromatic rings. The Balaban J connectivity index is 1.93. The van der Waals surface area contributed by atoms with E-state index in [0.29, 0.717) is 18.5 Å². The monoisotopic (exact) mass is 262 g/mol. The molecule has 1 fully saturated rings. The molecule has 0 bridgehead atoms. The van der Waals surface area contributed by atoms with Crippen molar-refractivity contribution < 1.29 is 4.74 Å². The highest BCUT2D eigenvalue weighted by Gasteiger charge is 2.20. The number of anilines is 2. The first-order valence-corrected chi connectivity index (χ1v) is 5.95. The molecule has 0 radical (unpaired) electrons. The maximum Gasteiger partial charge on any atom is 0.258 e. The van der Waals surface area contributed by atoms with Gasteiger partial charge in [0.2, 0.25) is 11.9 Å². The Morgan fingerprint density at radius 3 is 2.89 bits per heavy atom. The van der Waals surface area contributed by atoms with Gasteiger partial charge in [0.05, 0.1) is 12.7 Å². The van der Waals surface area contributed by atoms with E-state index in [0.717, 1.165) is 13.1 Å². The Hall–Kier alpha value is -2.29. The Labute approximate surface area is 109 Å². The number of aromatic nitrogens is 6. The Morgan fingerprint density at radius 2 is 2.16 bits per heavy atom. The van der Waals surface area contributed by atoms with Crippen molar-refractivity contribution in [3.8, 4) is 5.95 Å². The molecule has 0 aliphatic carbocycles. The van der Waals surface area contributed by atoms with Crippen molar-refractivity contribution in [2.45, 2.75) is 13.0 Å². The van der Waals surface area contributed by atoms with E-state index in [1.807, 2.05) is 11.8 Å². The zero-order valence-corrected chi connectivity index (χ0v) is 10.5. The van der Waals surface area contributed by atoms with Crippen LogP contribution in [0, 0.1) is 0 Å². The summed E-state index contributed by atoms with van der Waals surface area (Å²) in [4.78, 5) is 18.5. The van der Waals surface area contributed by atoms with Crippen molar-refractivity contribution in [2.24, 2.45) is 0 Å². The van der Waals surface area contributed by atoms with Crippen LogP contribution < -0.4 is 10.6 Å². The lowest BCUT2D eigenvalue weighted by Crippen LogP contribution is -2.42. The predicted octanol–water partition coefficient (Wildman–Crippen LogP) is -0.740. The van der Waals surface area contributed by atoms with Crippen LogP contribution >= 0.6 is 0 Å². The number of hydrogen-bond acceptors (Lipinski definition) is 8. The first-order valence-electron chi connectivity index (χ1n) is 5.95. The molecule has 3 rings (SSSR count). The normalized spacial score (nSPS) is 19.6. The molecule has 1 atom stereocenters. The van der Waals surface area contributed by atoms with Gasteiger partial charge in [0.25, 0.3) is 5.95 Å². The van der Waals surface area contributed by atoms with E-state index < -0.39 is 0 Å². The summed E-state index contributed by atoms with van der Waals surface area (Å²) in [7, 11) is 0. The fourth-order valence-electron chi connectivity index (χ4n) is 1.92. The number of nitrogen functional groups attached to an aromatic ring is 1. The molecule has 2 aromatic heterocycles. The fraction of sp³-hybridized carbons (Fsp3) is 0.500. The van der Waals surface area contributed by atoms with Crippen molar-refractivity contribution in [1.82, 2.24) is 29.7 Å². The summed E-state index contributed by atoms with van der Waals surface area (Å²) in [5, 5.41) is 3.98. The summed E-state index contributed by atoms with van der Waals surface area (Å²) in [5.74, 6) is 1.06. The Bertz CT molecular complexity index is 557. The molecule has 9 nitrogen and oxygen atoms in total. The van der Waals surface area contributed by atoms with Gasteiger partial charge in [-0.1, -0.05) is 0 Å². The number of hydrogen-bond donors (Lipinski definition) is 1. The molecule has 2 N–H and O–H groups in total. The lowest BCUT2D eigenvalue weighted by atomic mass is 10.3. The van der Waals surface area contributed by atoms with Crippen LogP contribution in [-0.2, 0) is 4.74 Å². The van der Waals surface area contributed by atoms with Gasteiger partial charge in [-0.05, 0) is 6.92 Å².